The van der Waals surface area contributed by atoms with Crippen LogP contribution in [0.15, 0.2) is 55.1 Å². The van der Waals surface area contributed by atoms with E-state index < -0.39 is 0 Å². The number of benzene rings is 2. The Balaban J connectivity index is 2.13. The fourth-order valence-electron chi connectivity index (χ4n) is 2.32. The van der Waals surface area contributed by atoms with Crippen molar-refractivity contribution in [1.29, 1.82) is 0 Å². The molecule has 0 unspecified atom stereocenters. The normalized spacial score (nSPS) is 11.9. The van der Waals surface area contributed by atoms with E-state index in [0.29, 0.717) is 5.92 Å². The predicted octanol–water partition coefficient (Wildman–Crippen LogP) is 5.56. The van der Waals surface area contributed by atoms with E-state index >= 15 is 0 Å². The molecule has 1 nitrogen and oxygen atoms in total. The molecule has 2 aromatic rings. The molecule has 0 aromatic heterocycles. The van der Waals surface area contributed by atoms with E-state index in [2.05, 4.69) is 25.6 Å². The maximum Gasteiger partial charge on any atom is 0.119 e. The van der Waals surface area contributed by atoms with E-state index in [1.165, 1.54) is 5.56 Å². The first kappa shape index (κ1) is 14.7. The van der Waals surface area contributed by atoms with Gasteiger partial charge in [-0.3, -0.25) is 0 Å². The second-order valence-corrected chi connectivity index (χ2v) is 5.37. The average Bonchev–Trinajstić information content (AvgIpc) is 2.47. The fraction of sp³-hybridized carbons (Fsp3) is 0.222. The van der Waals surface area contributed by atoms with Gasteiger partial charge in [-0.05, 0) is 47.2 Å². The number of rotatable bonds is 5. The quantitative estimate of drug-likeness (QED) is 0.699. The Bertz CT molecular complexity index is 604. The van der Waals surface area contributed by atoms with Gasteiger partial charge in [-0.15, -0.1) is 0 Å². The number of hydrogen-bond acceptors (Lipinski definition) is 1. The molecule has 0 aliphatic carbocycles. The maximum absolute atomic E-state index is 6.25. The van der Waals surface area contributed by atoms with Crippen LogP contribution in [0.2, 0.25) is 5.02 Å². The second-order valence-electron chi connectivity index (χ2n) is 4.96. The van der Waals surface area contributed by atoms with Crippen LogP contribution in [0.3, 0.4) is 0 Å². The molecule has 0 radical (unpaired) electrons. The van der Waals surface area contributed by atoms with Crippen LogP contribution in [0, 0.1) is 0 Å². The number of halogens is 1. The van der Waals surface area contributed by atoms with Crippen molar-refractivity contribution in [2.75, 3.05) is 7.11 Å². The summed E-state index contributed by atoms with van der Waals surface area (Å²) in [7, 11) is 1.67. The van der Waals surface area contributed by atoms with Crippen LogP contribution in [0.5, 0.6) is 5.75 Å². The molecule has 1 atom stereocenters. The summed E-state index contributed by atoms with van der Waals surface area (Å²) in [5, 5.41) is 0.818. The van der Waals surface area contributed by atoms with Crippen LogP contribution >= 0.6 is 11.6 Å². The van der Waals surface area contributed by atoms with Gasteiger partial charge >= 0.3 is 0 Å². The van der Waals surface area contributed by atoms with Crippen molar-refractivity contribution in [3.05, 3.63) is 71.3 Å². The van der Waals surface area contributed by atoms with Crippen LogP contribution in [0.4, 0.5) is 0 Å². The summed E-state index contributed by atoms with van der Waals surface area (Å²) in [6, 6.07) is 16.0. The number of methoxy groups -OCH3 is 1. The van der Waals surface area contributed by atoms with Gasteiger partial charge in [0.05, 0.1) is 7.11 Å². The standard InChI is InChI=1S/C18H19ClO/c1-13(15-7-6-8-16(12-15)20-3)11-14(2)17-9-4-5-10-18(17)19/h4-10,12,14H,1,11H2,2-3H3/t14-/m1/s1. The molecule has 0 heterocycles. The Morgan fingerprint density at radius 2 is 1.95 bits per heavy atom. The third-order valence-corrected chi connectivity index (χ3v) is 3.81. The third kappa shape index (κ3) is 3.43. The summed E-state index contributed by atoms with van der Waals surface area (Å²) in [5.41, 5.74) is 3.37. The second kappa shape index (κ2) is 6.62. The molecule has 2 rings (SSSR count). The molecule has 0 saturated carbocycles. The van der Waals surface area contributed by atoms with Crippen LogP contribution in [0.1, 0.15) is 30.4 Å². The summed E-state index contributed by atoms with van der Waals surface area (Å²) in [6.07, 6.45) is 0.872. The van der Waals surface area contributed by atoms with Crippen molar-refractivity contribution in [2.24, 2.45) is 0 Å². The molecule has 0 spiro atoms. The highest BCUT2D eigenvalue weighted by Crippen LogP contribution is 2.32. The molecule has 0 bridgehead atoms. The van der Waals surface area contributed by atoms with E-state index in [9.17, 15) is 0 Å². The Kier molecular flexibility index (Phi) is 4.86. The SMILES string of the molecule is C=C(C[C@@H](C)c1ccccc1Cl)c1cccc(OC)c1. The lowest BCUT2D eigenvalue weighted by Crippen LogP contribution is -1.96. The molecule has 2 aromatic carbocycles. The molecular weight excluding hydrogens is 268 g/mol. The highest BCUT2D eigenvalue weighted by atomic mass is 35.5. The molecule has 0 saturated heterocycles. The minimum atomic E-state index is 0.336. The van der Waals surface area contributed by atoms with Crippen LogP contribution in [-0.4, -0.2) is 7.11 Å². The number of hydrogen-bond donors (Lipinski definition) is 0. The summed E-state index contributed by atoms with van der Waals surface area (Å²) >= 11 is 6.25. The van der Waals surface area contributed by atoms with Gasteiger partial charge in [0.25, 0.3) is 0 Å². The Hall–Kier alpha value is -1.73. The summed E-state index contributed by atoms with van der Waals surface area (Å²) < 4.78 is 5.25. The highest BCUT2D eigenvalue weighted by molar-refractivity contribution is 6.31. The van der Waals surface area contributed by atoms with E-state index in [-0.39, 0.29) is 0 Å². The zero-order chi connectivity index (χ0) is 14.5. The average molecular weight is 287 g/mol. The lowest BCUT2D eigenvalue weighted by Gasteiger charge is -2.16. The van der Waals surface area contributed by atoms with Crippen molar-refractivity contribution in [2.45, 2.75) is 19.3 Å². The van der Waals surface area contributed by atoms with E-state index in [1.54, 1.807) is 7.11 Å². The van der Waals surface area contributed by atoms with E-state index in [1.807, 2.05) is 36.4 Å². The van der Waals surface area contributed by atoms with Gasteiger partial charge in [0.2, 0.25) is 0 Å². The molecule has 104 valence electrons. The van der Waals surface area contributed by atoms with Gasteiger partial charge < -0.3 is 4.74 Å². The first-order valence-corrected chi connectivity index (χ1v) is 7.06. The summed E-state index contributed by atoms with van der Waals surface area (Å²) in [6.45, 7) is 6.37. The van der Waals surface area contributed by atoms with Crippen molar-refractivity contribution < 1.29 is 4.74 Å². The zero-order valence-electron chi connectivity index (χ0n) is 11.9. The van der Waals surface area contributed by atoms with Crippen molar-refractivity contribution in [3.63, 3.8) is 0 Å². The molecule has 0 aliphatic rings. The number of ether oxygens (including phenoxy) is 1. The largest absolute Gasteiger partial charge is 0.497 e. The minimum Gasteiger partial charge on any atom is -0.497 e. The zero-order valence-corrected chi connectivity index (χ0v) is 12.7. The Labute approximate surface area is 125 Å². The monoisotopic (exact) mass is 286 g/mol. The third-order valence-electron chi connectivity index (χ3n) is 3.47. The topological polar surface area (TPSA) is 9.23 Å². The Morgan fingerprint density at radius 3 is 2.65 bits per heavy atom. The first-order chi connectivity index (χ1) is 9.61. The van der Waals surface area contributed by atoms with Gasteiger partial charge in [0.15, 0.2) is 0 Å². The molecule has 0 N–H and O–H groups in total. The predicted molar refractivity (Wildman–Crippen MR) is 86.5 cm³/mol. The molecule has 2 heteroatoms. The van der Waals surface area contributed by atoms with Crippen molar-refractivity contribution in [1.82, 2.24) is 0 Å². The highest BCUT2D eigenvalue weighted by Gasteiger charge is 2.11. The molecule has 20 heavy (non-hydrogen) atoms. The van der Waals surface area contributed by atoms with Crippen LogP contribution in [-0.2, 0) is 0 Å². The smallest absolute Gasteiger partial charge is 0.119 e. The lowest BCUT2D eigenvalue weighted by atomic mass is 9.91. The van der Waals surface area contributed by atoms with Crippen molar-refractivity contribution >= 4 is 17.2 Å². The van der Waals surface area contributed by atoms with Crippen molar-refractivity contribution in [3.8, 4) is 5.75 Å². The lowest BCUT2D eigenvalue weighted by molar-refractivity contribution is 0.414. The molecule has 0 fully saturated rings. The maximum atomic E-state index is 6.25. The molecular formula is C18H19ClO. The number of allylic oxidation sites excluding steroid dienone is 1. The van der Waals surface area contributed by atoms with Crippen LogP contribution < -0.4 is 4.74 Å². The Morgan fingerprint density at radius 1 is 1.20 bits per heavy atom. The van der Waals surface area contributed by atoms with E-state index in [0.717, 1.165) is 28.3 Å². The summed E-state index contributed by atoms with van der Waals surface area (Å²) in [5.74, 6) is 1.19. The first-order valence-electron chi connectivity index (χ1n) is 6.68. The van der Waals surface area contributed by atoms with Crippen LogP contribution in [0.25, 0.3) is 5.57 Å². The fourth-order valence-corrected chi connectivity index (χ4v) is 2.64. The van der Waals surface area contributed by atoms with E-state index in [4.69, 9.17) is 16.3 Å². The van der Waals surface area contributed by atoms with Gasteiger partial charge in [-0.25, -0.2) is 0 Å². The van der Waals surface area contributed by atoms with Gasteiger partial charge in [0.1, 0.15) is 5.75 Å². The van der Waals surface area contributed by atoms with Gasteiger partial charge in [0, 0.05) is 5.02 Å². The van der Waals surface area contributed by atoms with Gasteiger partial charge in [-0.2, -0.15) is 0 Å². The molecule has 0 aliphatic heterocycles. The molecule has 0 amide bonds. The summed E-state index contributed by atoms with van der Waals surface area (Å²) in [4.78, 5) is 0. The minimum absolute atomic E-state index is 0.336. The van der Waals surface area contributed by atoms with Gasteiger partial charge in [-0.1, -0.05) is 55.4 Å².